The molecule has 4 aliphatic rings. The maximum Gasteiger partial charge on any atom is 0.0579 e. The van der Waals surface area contributed by atoms with Crippen molar-refractivity contribution in [2.24, 2.45) is 40.4 Å². The smallest absolute Gasteiger partial charge is 0.0579 e. The van der Waals surface area contributed by atoms with Gasteiger partial charge in [0.05, 0.1) is 12.2 Å². The average molecular weight is 401 g/mol. The second-order valence-electron chi connectivity index (χ2n) is 11.9. The summed E-state index contributed by atoms with van der Waals surface area (Å²) in [5.41, 5.74) is 3.50. The third kappa shape index (κ3) is 3.57. The molecule has 2 heteroatoms. The summed E-state index contributed by atoms with van der Waals surface area (Å²) in [6, 6.07) is 0. The largest absolute Gasteiger partial charge is 0.393 e. The van der Waals surface area contributed by atoms with Gasteiger partial charge in [-0.15, -0.1) is 0 Å². The standard InChI is InChI=1S/C27H44O2/c1-17(2)7-6-8-18(3)23-16-24(29)25-21-10-9-19-15-20(28)11-13-26(19,4)22(21)12-14-27(23,25)5/h7,9,18,20-25,28-29H,6,8,10-16H2,1-5H3/t18-,20+,21-,22+,23-,24+,25-,26+,27-/m1/s1. The summed E-state index contributed by atoms with van der Waals surface area (Å²) < 4.78 is 0. The highest BCUT2D eigenvalue weighted by atomic mass is 16.3. The van der Waals surface area contributed by atoms with Crippen molar-refractivity contribution in [1.29, 1.82) is 0 Å². The average Bonchev–Trinajstić information content (AvgIpc) is 2.93. The van der Waals surface area contributed by atoms with E-state index in [1.807, 2.05) is 0 Å². The Labute approximate surface area is 178 Å². The lowest BCUT2D eigenvalue weighted by atomic mass is 9.46. The van der Waals surface area contributed by atoms with Crippen molar-refractivity contribution >= 4 is 0 Å². The Balaban J connectivity index is 1.56. The molecule has 0 radical (unpaired) electrons. The van der Waals surface area contributed by atoms with Crippen molar-refractivity contribution < 1.29 is 10.2 Å². The minimum atomic E-state index is -0.136. The van der Waals surface area contributed by atoms with E-state index in [9.17, 15) is 10.2 Å². The Kier molecular flexibility index (Phi) is 5.84. The van der Waals surface area contributed by atoms with E-state index in [0.717, 1.165) is 32.1 Å². The molecule has 2 nitrogen and oxygen atoms in total. The fourth-order valence-corrected chi connectivity index (χ4v) is 8.47. The first kappa shape index (κ1) is 21.6. The molecule has 4 aliphatic carbocycles. The molecule has 3 fully saturated rings. The summed E-state index contributed by atoms with van der Waals surface area (Å²) in [6.07, 6.45) is 14.7. The fourth-order valence-electron chi connectivity index (χ4n) is 8.47. The molecule has 0 aliphatic heterocycles. The van der Waals surface area contributed by atoms with Gasteiger partial charge < -0.3 is 10.2 Å². The van der Waals surface area contributed by atoms with Gasteiger partial charge in [-0.05, 0) is 112 Å². The van der Waals surface area contributed by atoms with Crippen LogP contribution in [0.4, 0.5) is 0 Å². The van der Waals surface area contributed by atoms with Crippen LogP contribution in [-0.4, -0.2) is 22.4 Å². The molecule has 9 atom stereocenters. The Bertz CT molecular complexity index is 674. The maximum atomic E-state index is 11.3. The lowest BCUT2D eigenvalue weighted by Crippen LogP contribution is -2.52. The molecule has 0 heterocycles. The van der Waals surface area contributed by atoms with Gasteiger partial charge in [0.15, 0.2) is 0 Å². The van der Waals surface area contributed by atoms with E-state index in [2.05, 4.69) is 46.8 Å². The monoisotopic (exact) mass is 400 g/mol. The van der Waals surface area contributed by atoms with E-state index in [4.69, 9.17) is 0 Å². The summed E-state index contributed by atoms with van der Waals surface area (Å²) in [6.45, 7) is 11.8. The van der Waals surface area contributed by atoms with Gasteiger partial charge in [-0.3, -0.25) is 0 Å². The van der Waals surface area contributed by atoms with Crippen LogP contribution >= 0.6 is 0 Å². The highest BCUT2D eigenvalue weighted by Gasteiger charge is 2.61. The van der Waals surface area contributed by atoms with Crippen molar-refractivity contribution in [3.63, 3.8) is 0 Å². The van der Waals surface area contributed by atoms with Crippen molar-refractivity contribution in [2.45, 2.75) is 105 Å². The van der Waals surface area contributed by atoms with Crippen LogP contribution in [0.2, 0.25) is 0 Å². The molecule has 0 amide bonds. The summed E-state index contributed by atoms with van der Waals surface area (Å²) in [4.78, 5) is 0. The van der Waals surface area contributed by atoms with Crippen LogP contribution < -0.4 is 0 Å². The molecule has 0 aromatic rings. The van der Waals surface area contributed by atoms with Gasteiger partial charge in [0, 0.05) is 0 Å². The van der Waals surface area contributed by atoms with Gasteiger partial charge in [0.2, 0.25) is 0 Å². The van der Waals surface area contributed by atoms with Gasteiger partial charge in [-0.2, -0.15) is 0 Å². The minimum absolute atomic E-state index is 0.128. The van der Waals surface area contributed by atoms with Crippen LogP contribution in [0.3, 0.4) is 0 Å². The summed E-state index contributed by atoms with van der Waals surface area (Å²) >= 11 is 0. The Morgan fingerprint density at radius 1 is 1.21 bits per heavy atom. The summed E-state index contributed by atoms with van der Waals surface area (Å²) in [5.74, 6) is 3.12. The zero-order chi connectivity index (χ0) is 21.0. The SMILES string of the molecule is CC(C)=CCC[C@@H](C)[C@H]1C[C@H](O)[C@H]2[C@@H]3CC=C4C[C@@H](O)CC[C@]4(C)[C@H]3CC[C@@]21C. The lowest BCUT2D eigenvalue weighted by molar-refractivity contribution is -0.0814. The molecule has 0 aromatic carbocycles. The topological polar surface area (TPSA) is 40.5 Å². The van der Waals surface area contributed by atoms with E-state index in [1.165, 1.54) is 36.8 Å². The molecule has 0 bridgehead atoms. The molecule has 2 N–H and O–H groups in total. The predicted octanol–water partition coefficient (Wildman–Crippen LogP) is 6.28. The van der Waals surface area contributed by atoms with Gasteiger partial charge in [0.1, 0.15) is 0 Å². The van der Waals surface area contributed by atoms with Crippen molar-refractivity contribution in [1.82, 2.24) is 0 Å². The molecule has 0 spiro atoms. The van der Waals surface area contributed by atoms with Crippen LogP contribution in [0.25, 0.3) is 0 Å². The quantitative estimate of drug-likeness (QED) is 0.545. The molecule has 164 valence electrons. The van der Waals surface area contributed by atoms with Crippen molar-refractivity contribution in [3.05, 3.63) is 23.3 Å². The van der Waals surface area contributed by atoms with Crippen molar-refractivity contribution in [2.75, 3.05) is 0 Å². The first-order valence-corrected chi connectivity index (χ1v) is 12.4. The van der Waals surface area contributed by atoms with Crippen LogP contribution in [-0.2, 0) is 0 Å². The molecule has 0 saturated heterocycles. The highest BCUT2D eigenvalue weighted by Crippen LogP contribution is 2.67. The minimum Gasteiger partial charge on any atom is -0.393 e. The first-order chi connectivity index (χ1) is 13.7. The molecular formula is C27H44O2. The number of hydrogen-bond donors (Lipinski definition) is 2. The summed E-state index contributed by atoms with van der Waals surface area (Å²) in [5, 5.41) is 21.5. The molecular weight excluding hydrogens is 356 g/mol. The zero-order valence-corrected chi connectivity index (χ0v) is 19.5. The predicted molar refractivity (Wildman–Crippen MR) is 120 cm³/mol. The molecule has 4 rings (SSSR count). The lowest BCUT2D eigenvalue weighted by Gasteiger charge is -2.58. The fraction of sp³-hybridized carbons (Fsp3) is 0.852. The highest BCUT2D eigenvalue weighted by molar-refractivity contribution is 5.26. The van der Waals surface area contributed by atoms with Crippen molar-refractivity contribution in [3.8, 4) is 0 Å². The number of aliphatic hydroxyl groups is 2. The van der Waals surface area contributed by atoms with E-state index in [-0.39, 0.29) is 17.6 Å². The molecule has 3 saturated carbocycles. The number of hydrogen-bond acceptors (Lipinski definition) is 2. The number of rotatable bonds is 4. The normalized spacial score (nSPS) is 47.5. The third-order valence-electron chi connectivity index (χ3n) is 9.99. The second-order valence-corrected chi connectivity index (χ2v) is 11.9. The molecule has 0 unspecified atom stereocenters. The summed E-state index contributed by atoms with van der Waals surface area (Å²) in [7, 11) is 0. The molecule has 0 aromatic heterocycles. The maximum absolute atomic E-state index is 11.3. The van der Waals surface area contributed by atoms with Crippen LogP contribution in [0.1, 0.15) is 92.4 Å². The number of fused-ring (bicyclic) bond motifs is 5. The van der Waals surface area contributed by atoms with E-state index in [1.54, 1.807) is 0 Å². The zero-order valence-electron chi connectivity index (χ0n) is 19.5. The van der Waals surface area contributed by atoms with Crippen LogP contribution in [0, 0.1) is 40.4 Å². The molecule has 29 heavy (non-hydrogen) atoms. The van der Waals surface area contributed by atoms with Crippen LogP contribution in [0.5, 0.6) is 0 Å². The Morgan fingerprint density at radius 3 is 2.69 bits per heavy atom. The van der Waals surface area contributed by atoms with Crippen LogP contribution in [0.15, 0.2) is 23.3 Å². The second kappa shape index (κ2) is 7.83. The Hall–Kier alpha value is -0.600. The Morgan fingerprint density at radius 2 is 1.97 bits per heavy atom. The number of allylic oxidation sites excluding steroid dienone is 3. The third-order valence-corrected chi connectivity index (χ3v) is 9.99. The van der Waals surface area contributed by atoms with Gasteiger partial charge in [0.25, 0.3) is 0 Å². The van der Waals surface area contributed by atoms with Gasteiger partial charge >= 0.3 is 0 Å². The van der Waals surface area contributed by atoms with E-state index >= 15 is 0 Å². The first-order valence-electron chi connectivity index (χ1n) is 12.4. The van der Waals surface area contributed by atoms with E-state index in [0.29, 0.717) is 35.0 Å². The van der Waals surface area contributed by atoms with E-state index < -0.39 is 0 Å². The van der Waals surface area contributed by atoms with Gasteiger partial charge in [-0.25, -0.2) is 0 Å². The van der Waals surface area contributed by atoms with Gasteiger partial charge in [-0.1, -0.05) is 44.1 Å². The number of aliphatic hydroxyl groups excluding tert-OH is 2.